The maximum atomic E-state index is 13.7. The van der Waals surface area contributed by atoms with Gasteiger partial charge in [0.25, 0.3) is 5.91 Å². The smallest absolute Gasteiger partial charge is 0.261 e. The van der Waals surface area contributed by atoms with Crippen molar-refractivity contribution in [3.63, 3.8) is 0 Å². The van der Waals surface area contributed by atoms with Crippen LogP contribution in [0.2, 0.25) is 0 Å². The monoisotopic (exact) mass is 403 g/mol. The van der Waals surface area contributed by atoms with Crippen molar-refractivity contribution in [2.75, 3.05) is 5.32 Å². The van der Waals surface area contributed by atoms with Crippen molar-refractivity contribution in [1.29, 1.82) is 0 Å². The molecule has 2 aromatic carbocycles. The molecule has 0 radical (unpaired) electrons. The molecule has 0 bridgehead atoms. The Morgan fingerprint density at radius 3 is 2.35 bits per heavy atom. The van der Waals surface area contributed by atoms with E-state index < -0.39 is 23.1 Å². The van der Waals surface area contributed by atoms with Crippen LogP contribution in [-0.4, -0.2) is 5.91 Å². The number of hydrogen-bond acceptors (Lipinski definition) is 1. The molecule has 6 heteroatoms. The maximum absolute atomic E-state index is 13.7. The van der Waals surface area contributed by atoms with Crippen molar-refractivity contribution in [3.8, 4) is 0 Å². The molecule has 0 aliphatic heterocycles. The Hall–Kier alpha value is -1.27. The Labute approximate surface area is 131 Å². The number of aryl methyl sites for hydroxylation is 1. The van der Waals surface area contributed by atoms with E-state index in [-0.39, 0.29) is 4.47 Å². The van der Waals surface area contributed by atoms with Crippen LogP contribution in [0.15, 0.2) is 39.3 Å². The lowest BCUT2D eigenvalue weighted by Gasteiger charge is -2.10. The Kier molecular flexibility index (Phi) is 4.55. The summed E-state index contributed by atoms with van der Waals surface area (Å²) < 4.78 is 28.3. The minimum Gasteiger partial charge on any atom is -0.321 e. The predicted octanol–water partition coefficient (Wildman–Crippen LogP) is 5.05. The summed E-state index contributed by atoms with van der Waals surface area (Å²) in [5.41, 5.74) is 0.748. The fourth-order valence-corrected chi connectivity index (χ4v) is 2.45. The van der Waals surface area contributed by atoms with Crippen LogP contribution in [0.5, 0.6) is 0 Å². The molecule has 104 valence electrons. The number of rotatable bonds is 2. The van der Waals surface area contributed by atoms with E-state index in [4.69, 9.17) is 0 Å². The fourth-order valence-electron chi connectivity index (χ4n) is 1.69. The number of carbonyl (C=O) groups is 1. The molecule has 0 aliphatic rings. The summed E-state index contributed by atoms with van der Waals surface area (Å²) in [6.07, 6.45) is 0. The quantitative estimate of drug-likeness (QED) is 0.745. The van der Waals surface area contributed by atoms with Gasteiger partial charge in [0.15, 0.2) is 0 Å². The molecule has 20 heavy (non-hydrogen) atoms. The Bertz CT molecular complexity index is 666. The lowest BCUT2D eigenvalue weighted by atomic mass is 10.1. The van der Waals surface area contributed by atoms with Gasteiger partial charge in [-0.25, -0.2) is 8.78 Å². The third-order valence-electron chi connectivity index (χ3n) is 2.67. The van der Waals surface area contributed by atoms with Crippen LogP contribution < -0.4 is 5.32 Å². The van der Waals surface area contributed by atoms with Crippen molar-refractivity contribution in [3.05, 3.63) is 62.0 Å². The fraction of sp³-hybridized carbons (Fsp3) is 0.0714. The van der Waals surface area contributed by atoms with Gasteiger partial charge < -0.3 is 5.32 Å². The molecule has 1 amide bonds. The number of benzene rings is 2. The highest BCUT2D eigenvalue weighted by Crippen LogP contribution is 2.27. The zero-order valence-electron chi connectivity index (χ0n) is 10.3. The molecule has 2 rings (SSSR count). The average Bonchev–Trinajstić information content (AvgIpc) is 2.33. The Balaban J connectivity index is 2.36. The second-order valence-corrected chi connectivity index (χ2v) is 5.84. The zero-order valence-corrected chi connectivity index (χ0v) is 13.5. The average molecular weight is 405 g/mol. The Morgan fingerprint density at radius 1 is 1.15 bits per heavy atom. The lowest BCUT2D eigenvalue weighted by molar-refractivity contribution is 0.101. The number of amides is 1. The topological polar surface area (TPSA) is 29.1 Å². The van der Waals surface area contributed by atoms with E-state index >= 15 is 0 Å². The summed E-state index contributed by atoms with van der Waals surface area (Å²) in [6.45, 7) is 1.85. The standard InChI is InChI=1S/C14H9Br2F2NO/c1-7-3-2-4-11(13(7)16)19-14(20)12-9(17)5-8(15)6-10(12)18/h2-6H,1H3,(H,19,20). The molecule has 0 unspecified atom stereocenters. The van der Waals surface area contributed by atoms with E-state index in [1.165, 1.54) is 0 Å². The van der Waals surface area contributed by atoms with Crippen molar-refractivity contribution < 1.29 is 13.6 Å². The number of anilines is 1. The molecule has 0 atom stereocenters. The SMILES string of the molecule is Cc1cccc(NC(=O)c2c(F)cc(Br)cc2F)c1Br. The van der Waals surface area contributed by atoms with Gasteiger partial charge >= 0.3 is 0 Å². The number of nitrogens with one attached hydrogen (secondary N) is 1. The molecule has 0 heterocycles. The summed E-state index contributed by atoms with van der Waals surface area (Å²) in [6, 6.07) is 7.32. The van der Waals surface area contributed by atoms with Crippen molar-refractivity contribution in [2.24, 2.45) is 0 Å². The van der Waals surface area contributed by atoms with Crippen LogP contribution in [0, 0.1) is 18.6 Å². The van der Waals surface area contributed by atoms with Gasteiger partial charge in [0, 0.05) is 8.95 Å². The van der Waals surface area contributed by atoms with Gasteiger partial charge in [0.05, 0.1) is 5.69 Å². The van der Waals surface area contributed by atoms with Crippen LogP contribution >= 0.6 is 31.9 Å². The van der Waals surface area contributed by atoms with Crippen molar-refractivity contribution in [1.82, 2.24) is 0 Å². The first-order valence-corrected chi connectivity index (χ1v) is 7.19. The highest BCUT2D eigenvalue weighted by molar-refractivity contribution is 9.11. The van der Waals surface area contributed by atoms with Crippen LogP contribution in [0.1, 0.15) is 15.9 Å². The van der Waals surface area contributed by atoms with E-state index in [2.05, 4.69) is 37.2 Å². The third kappa shape index (κ3) is 3.07. The second kappa shape index (κ2) is 6.01. The number of carbonyl (C=O) groups excluding carboxylic acids is 1. The van der Waals surface area contributed by atoms with Crippen LogP contribution in [-0.2, 0) is 0 Å². The lowest BCUT2D eigenvalue weighted by Crippen LogP contribution is -2.16. The van der Waals surface area contributed by atoms with Gasteiger partial charge in [0.1, 0.15) is 17.2 Å². The highest BCUT2D eigenvalue weighted by atomic mass is 79.9. The molecule has 2 nitrogen and oxygen atoms in total. The van der Waals surface area contributed by atoms with Crippen LogP contribution in [0.3, 0.4) is 0 Å². The van der Waals surface area contributed by atoms with Crippen LogP contribution in [0.4, 0.5) is 14.5 Å². The molecule has 0 saturated carbocycles. The van der Waals surface area contributed by atoms with Gasteiger partial charge in [-0.15, -0.1) is 0 Å². The summed E-state index contributed by atoms with van der Waals surface area (Å²) in [4.78, 5) is 12.0. The highest BCUT2D eigenvalue weighted by Gasteiger charge is 2.19. The van der Waals surface area contributed by atoms with Gasteiger partial charge in [-0.2, -0.15) is 0 Å². The largest absolute Gasteiger partial charge is 0.321 e. The van der Waals surface area contributed by atoms with Gasteiger partial charge in [0.2, 0.25) is 0 Å². The summed E-state index contributed by atoms with van der Waals surface area (Å²) in [7, 11) is 0. The van der Waals surface area contributed by atoms with Gasteiger partial charge in [-0.3, -0.25) is 4.79 Å². The molecule has 0 fully saturated rings. The number of hydrogen-bond donors (Lipinski definition) is 1. The second-order valence-electron chi connectivity index (χ2n) is 4.14. The summed E-state index contributed by atoms with van der Waals surface area (Å²) in [5, 5.41) is 2.49. The van der Waals surface area contributed by atoms with E-state index in [1.807, 2.05) is 13.0 Å². The molecular formula is C14H9Br2F2NO. The normalized spacial score (nSPS) is 10.4. The van der Waals surface area contributed by atoms with Crippen molar-refractivity contribution in [2.45, 2.75) is 6.92 Å². The van der Waals surface area contributed by atoms with Gasteiger partial charge in [-0.05, 0) is 46.6 Å². The molecule has 1 N–H and O–H groups in total. The molecule has 0 aromatic heterocycles. The number of halogens is 4. The molecule has 0 spiro atoms. The minimum atomic E-state index is -0.918. The first-order chi connectivity index (χ1) is 9.40. The van der Waals surface area contributed by atoms with Crippen molar-refractivity contribution >= 4 is 43.5 Å². The first kappa shape index (κ1) is 15.1. The van der Waals surface area contributed by atoms with Gasteiger partial charge in [-0.1, -0.05) is 28.1 Å². The maximum Gasteiger partial charge on any atom is 0.261 e. The third-order valence-corrected chi connectivity index (χ3v) is 4.18. The molecule has 2 aromatic rings. The predicted molar refractivity (Wildman–Crippen MR) is 80.9 cm³/mol. The zero-order chi connectivity index (χ0) is 14.9. The van der Waals surface area contributed by atoms with Crippen LogP contribution in [0.25, 0.3) is 0 Å². The van der Waals surface area contributed by atoms with E-state index in [0.29, 0.717) is 10.2 Å². The van der Waals surface area contributed by atoms with E-state index in [9.17, 15) is 13.6 Å². The molecule has 0 saturated heterocycles. The minimum absolute atomic E-state index is 0.237. The van der Waals surface area contributed by atoms with E-state index in [1.54, 1.807) is 12.1 Å². The Morgan fingerprint density at radius 2 is 1.75 bits per heavy atom. The summed E-state index contributed by atoms with van der Waals surface area (Å²) >= 11 is 6.29. The molecule has 0 aliphatic carbocycles. The first-order valence-electron chi connectivity index (χ1n) is 5.61. The van der Waals surface area contributed by atoms with E-state index in [0.717, 1.165) is 17.7 Å². The summed E-state index contributed by atoms with van der Waals surface area (Å²) in [5.74, 6) is -2.67. The molecular weight excluding hydrogens is 396 g/mol.